The van der Waals surface area contributed by atoms with Crippen LogP contribution in [-0.4, -0.2) is 31.8 Å². The molecule has 0 aliphatic rings. The number of nitrogens with one attached hydrogen (secondary N) is 1. The van der Waals surface area contributed by atoms with Gasteiger partial charge in [0.2, 0.25) is 0 Å². The molecule has 120 valence electrons. The molecule has 5 nitrogen and oxygen atoms in total. The van der Waals surface area contributed by atoms with Crippen molar-refractivity contribution in [3.63, 3.8) is 0 Å². The third kappa shape index (κ3) is 4.50. The number of carbonyl (C=O) groups excluding carboxylic acids is 2. The highest BCUT2D eigenvalue weighted by atomic mass is 32.2. The van der Waals surface area contributed by atoms with Crippen LogP contribution >= 0.6 is 11.8 Å². The zero-order valence-electron chi connectivity index (χ0n) is 12.9. The first kappa shape index (κ1) is 16.9. The smallest absolute Gasteiger partial charge is 0.339 e. The van der Waals surface area contributed by atoms with E-state index in [0.29, 0.717) is 17.0 Å². The lowest BCUT2D eigenvalue weighted by Crippen LogP contribution is -2.21. The molecule has 6 heteroatoms. The maximum atomic E-state index is 12.1. The van der Waals surface area contributed by atoms with E-state index in [2.05, 4.69) is 5.32 Å². The summed E-state index contributed by atoms with van der Waals surface area (Å²) in [6.45, 7) is -0.362. The van der Waals surface area contributed by atoms with Gasteiger partial charge in [0.05, 0.1) is 18.4 Å². The maximum Gasteiger partial charge on any atom is 0.339 e. The number of anilines is 1. The van der Waals surface area contributed by atoms with E-state index in [1.165, 1.54) is 18.9 Å². The van der Waals surface area contributed by atoms with Crippen molar-refractivity contribution in [3.8, 4) is 5.75 Å². The van der Waals surface area contributed by atoms with Crippen LogP contribution in [-0.2, 0) is 9.53 Å². The molecule has 0 atom stereocenters. The number of esters is 1. The summed E-state index contributed by atoms with van der Waals surface area (Å²) in [6.07, 6.45) is 1.88. The molecule has 0 spiro atoms. The number of rotatable bonds is 6. The van der Waals surface area contributed by atoms with Crippen molar-refractivity contribution in [2.45, 2.75) is 4.90 Å². The number of para-hydroxylation sites is 2. The number of ether oxygens (including phenoxy) is 2. The van der Waals surface area contributed by atoms with E-state index in [1.54, 1.807) is 36.4 Å². The molecule has 0 unspecified atom stereocenters. The van der Waals surface area contributed by atoms with Gasteiger partial charge in [0.15, 0.2) is 6.61 Å². The van der Waals surface area contributed by atoms with Crippen LogP contribution in [0.4, 0.5) is 5.69 Å². The molecule has 2 aromatic rings. The van der Waals surface area contributed by atoms with Gasteiger partial charge in [-0.25, -0.2) is 4.79 Å². The second-order valence-electron chi connectivity index (χ2n) is 4.52. The van der Waals surface area contributed by atoms with Crippen LogP contribution in [0, 0.1) is 0 Å². The topological polar surface area (TPSA) is 64.6 Å². The van der Waals surface area contributed by atoms with E-state index in [0.717, 1.165) is 4.90 Å². The lowest BCUT2D eigenvalue weighted by molar-refractivity contribution is -0.119. The second-order valence-corrected chi connectivity index (χ2v) is 5.37. The van der Waals surface area contributed by atoms with Crippen LogP contribution in [0.2, 0.25) is 0 Å². The Morgan fingerprint density at radius 1 is 1.09 bits per heavy atom. The first-order valence-electron chi connectivity index (χ1n) is 6.88. The van der Waals surface area contributed by atoms with E-state index in [9.17, 15) is 9.59 Å². The molecule has 0 aromatic heterocycles. The van der Waals surface area contributed by atoms with Crippen LogP contribution < -0.4 is 10.1 Å². The molecule has 0 bridgehead atoms. The highest BCUT2D eigenvalue weighted by Crippen LogP contribution is 2.23. The molecule has 1 amide bonds. The number of methoxy groups -OCH3 is 1. The Morgan fingerprint density at radius 3 is 2.52 bits per heavy atom. The Morgan fingerprint density at radius 2 is 1.78 bits per heavy atom. The first-order chi connectivity index (χ1) is 11.2. The van der Waals surface area contributed by atoms with Crippen molar-refractivity contribution in [1.82, 2.24) is 0 Å². The van der Waals surface area contributed by atoms with Crippen LogP contribution in [0.1, 0.15) is 10.4 Å². The number of hydrogen-bond donors (Lipinski definition) is 1. The summed E-state index contributed by atoms with van der Waals surface area (Å²) < 4.78 is 10.2. The summed E-state index contributed by atoms with van der Waals surface area (Å²) >= 11 is 1.45. The minimum Gasteiger partial charge on any atom is -0.495 e. The summed E-state index contributed by atoms with van der Waals surface area (Å²) in [7, 11) is 1.52. The van der Waals surface area contributed by atoms with Gasteiger partial charge in [-0.1, -0.05) is 24.3 Å². The maximum absolute atomic E-state index is 12.1. The molecule has 2 rings (SSSR count). The van der Waals surface area contributed by atoms with Gasteiger partial charge in [-0.05, 0) is 30.5 Å². The molecule has 0 saturated heterocycles. The summed E-state index contributed by atoms with van der Waals surface area (Å²) in [4.78, 5) is 24.8. The Balaban J connectivity index is 1.95. The van der Waals surface area contributed by atoms with Crippen molar-refractivity contribution < 1.29 is 19.1 Å². The van der Waals surface area contributed by atoms with E-state index < -0.39 is 11.9 Å². The highest BCUT2D eigenvalue weighted by molar-refractivity contribution is 7.98. The predicted octanol–water partition coefficient (Wildman–Crippen LogP) is 3.21. The minimum absolute atomic E-state index is 0.362. The van der Waals surface area contributed by atoms with E-state index in [-0.39, 0.29) is 6.61 Å². The molecule has 0 radical (unpaired) electrons. The highest BCUT2D eigenvalue weighted by Gasteiger charge is 2.14. The van der Waals surface area contributed by atoms with Crippen LogP contribution in [0.25, 0.3) is 0 Å². The van der Waals surface area contributed by atoms with Gasteiger partial charge in [0, 0.05) is 4.90 Å². The molecule has 2 aromatic carbocycles. The summed E-state index contributed by atoms with van der Waals surface area (Å²) in [5.41, 5.74) is 0.977. The Labute approximate surface area is 139 Å². The largest absolute Gasteiger partial charge is 0.495 e. The van der Waals surface area contributed by atoms with Gasteiger partial charge in [-0.3, -0.25) is 4.79 Å². The molecule has 23 heavy (non-hydrogen) atoms. The zero-order chi connectivity index (χ0) is 16.7. The van der Waals surface area contributed by atoms with Gasteiger partial charge in [-0.15, -0.1) is 11.8 Å². The lowest BCUT2D eigenvalue weighted by Gasteiger charge is -2.10. The molecular formula is C17H17NO4S. The van der Waals surface area contributed by atoms with E-state index in [4.69, 9.17) is 9.47 Å². The summed E-state index contributed by atoms with van der Waals surface area (Å²) in [5.74, 6) is -0.408. The average molecular weight is 331 g/mol. The second kappa shape index (κ2) is 8.24. The molecule has 1 N–H and O–H groups in total. The number of thioether (sulfide) groups is 1. The number of hydrogen-bond acceptors (Lipinski definition) is 5. The fourth-order valence-electron chi connectivity index (χ4n) is 1.96. The molecular weight excluding hydrogens is 314 g/mol. The summed E-state index contributed by atoms with van der Waals surface area (Å²) in [6, 6.07) is 14.1. The van der Waals surface area contributed by atoms with E-state index >= 15 is 0 Å². The average Bonchev–Trinajstić information content (AvgIpc) is 2.60. The van der Waals surface area contributed by atoms with Crippen LogP contribution in [0.3, 0.4) is 0 Å². The predicted molar refractivity (Wildman–Crippen MR) is 90.1 cm³/mol. The van der Waals surface area contributed by atoms with Gasteiger partial charge >= 0.3 is 5.97 Å². The fraction of sp³-hybridized carbons (Fsp3) is 0.176. The van der Waals surface area contributed by atoms with Crippen molar-refractivity contribution in [1.29, 1.82) is 0 Å². The van der Waals surface area contributed by atoms with Crippen molar-refractivity contribution in [2.24, 2.45) is 0 Å². The first-order valence-corrected chi connectivity index (χ1v) is 8.11. The Bertz CT molecular complexity index is 702. The third-order valence-electron chi connectivity index (χ3n) is 3.04. The van der Waals surface area contributed by atoms with Gasteiger partial charge < -0.3 is 14.8 Å². The monoisotopic (exact) mass is 331 g/mol. The van der Waals surface area contributed by atoms with E-state index in [1.807, 2.05) is 18.4 Å². The molecule has 0 saturated carbocycles. The Hall–Kier alpha value is -2.47. The molecule has 0 aliphatic heterocycles. The number of carbonyl (C=O) groups is 2. The SMILES string of the molecule is COc1ccccc1NC(=O)COC(=O)c1ccccc1SC. The zero-order valence-corrected chi connectivity index (χ0v) is 13.7. The molecule has 0 heterocycles. The van der Waals surface area contributed by atoms with Gasteiger partial charge in [0.25, 0.3) is 5.91 Å². The molecule has 0 aliphatic carbocycles. The quantitative estimate of drug-likeness (QED) is 0.650. The van der Waals surface area contributed by atoms with Crippen molar-refractivity contribution in [2.75, 3.05) is 25.3 Å². The fourth-order valence-corrected chi connectivity index (χ4v) is 2.54. The summed E-state index contributed by atoms with van der Waals surface area (Å²) in [5, 5.41) is 2.65. The molecule has 0 fully saturated rings. The Kier molecular flexibility index (Phi) is 6.05. The van der Waals surface area contributed by atoms with Gasteiger partial charge in [0.1, 0.15) is 5.75 Å². The number of benzene rings is 2. The van der Waals surface area contributed by atoms with Crippen molar-refractivity contribution >= 4 is 29.3 Å². The van der Waals surface area contributed by atoms with Gasteiger partial charge in [-0.2, -0.15) is 0 Å². The minimum atomic E-state index is -0.523. The standard InChI is InChI=1S/C17H17NO4S/c1-21-14-9-5-4-8-13(14)18-16(19)11-22-17(20)12-7-3-6-10-15(12)23-2/h3-10H,11H2,1-2H3,(H,18,19). The van der Waals surface area contributed by atoms with Crippen LogP contribution in [0.15, 0.2) is 53.4 Å². The lowest BCUT2D eigenvalue weighted by atomic mass is 10.2. The van der Waals surface area contributed by atoms with Crippen LogP contribution in [0.5, 0.6) is 5.75 Å². The van der Waals surface area contributed by atoms with Crippen molar-refractivity contribution in [3.05, 3.63) is 54.1 Å². The number of amides is 1. The normalized spacial score (nSPS) is 10.0. The third-order valence-corrected chi connectivity index (χ3v) is 3.84.